The molecule has 0 aliphatic heterocycles. The SMILES string of the molecule is Cc1ccc(C(C)NC(=O)COC(C)C)cc1. The molecule has 3 nitrogen and oxygen atoms in total. The molecular weight excluding hydrogens is 214 g/mol. The van der Waals surface area contributed by atoms with E-state index in [1.165, 1.54) is 5.56 Å². The summed E-state index contributed by atoms with van der Waals surface area (Å²) < 4.78 is 5.25. The molecule has 1 atom stereocenters. The van der Waals surface area contributed by atoms with Crippen LogP contribution in [0.3, 0.4) is 0 Å². The first-order chi connectivity index (χ1) is 7.99. The zero-order chi connectivity index (χ0) is 12.8. The van der Waals surface area contributed by atoms with E-state index in [2.05, 4.69) is 5.32 Å². The van der Waals surface area contributed by atoms with Gasteiger partial charge in [0.1, 0.15) is 6.61 Å². The Morgan fingerprint density at radius 3 is 2.35 bits per heavy atom. The largest absolute Gasteiger partial charge is 0.369 e. The predicted octanol–water partition coefficient (Wildman–Crippen LogP) is 2.60. The topological polar surface area (TPSA) is 38.3 Å². The first-order valence-electron chi connectivity index (χ1n) is 5.96. The average Bonchev–Trinajstić information content (AvgIpc) is 2.27. The summed E-state index contributed by atoms with van der Waals surface area (Å²) in [5.41, 5.74) is 2.32. The van der Waals surface area contributed by atoms with Gasteiger partial charge in [-0.05, 0) is 33.3 Å². The van der Waals surface area contributed by atoms with Crippen LogP contribution in [0.2, 0.25) is 0 Å². The van der Waals surface area contributed by atoms with Crippen LogP contribution < -0.4 is 5.32 Å². The molecule has 0 aliphatic rings. The predicted molar refractivity (Wildman–Crippen MR) is 68.8 cm³/mol. The number of aryl methyl sites for hydroxylation is 1. The van der Waals surface area contributed by atoms with Crippen LogP contribution in [0.25, 0.3) is 0 Å². The molecule has 0 spiro atoms. The van der Waals surface area contributed by atoms with Crippen molar-refractivity contribution >= 4 is 5.91 Å². The Morgan fingerprint density at radius 2 is 1.82 bits per heavy atom. The van der Waals surface area contributed by atoms with E-state index >= 15 is 0 Å². The van der Waals surface area contributed by atoms with Gasteiger partial charge in [-0.25, -0.2) is 0 Å². The van der Waals surface area contributed by atoms with Crippen LogP contribution in [0.5, 0.6) is 0 Å². The maximum atomic E-state index is 11.6. The van der Waals surface area contributed by atoms with Gasteiger partial charge < -0.3 is 10.1 Å². The molecule has 1 amide bonds. The van der Waals surface area contributed by atoms with Gasteiger partial charge in [0, 0.05) is 0 Å². The van der Waals surface area contributed by atoms with Crippen molar-refractivity contribution < 1.29 is 9.53 Å². The number of amides is 1. The van der Waals surface area contributed by atoms with Gasteiger partial charge >= 0.3 is 0 Å². The number of hydrogen-bond acceptors (Lipinski definition) is 2. The van der Waals surface area contributed by atoms with Gasteiger partial charge in [0.05, 0.1) is 12.1 Å². The summed E-state index contributed by atoms with van der Waals surface area (Å²) in [4.78, 5) is 11.6. The summed E-state index contributed by atoms with van der Waals surface area (Å²) in [6, 6.07) is 8.16. The Hall–Kier alpha value is -1.35. The summed E-state index contributed by atoms with van der Waals surface area (Å²) in [5.74, 6) is -0.0771. The molecule has 0 fully saturated rings. The highest BCUT2D eigenvalue weighted by Gasteiger charge is 2.09. The maximum absolute atomic E-state index is 11.6. The van der Waals surface area contributed by atoms with Crippen LogP contribution in [0.4, 0.5) is 0 Å². The minimum Gasteiger partial charge on any atom is -0.369 e. The van der Waals surface area contributed by atoms with Crippen molar-refractivity contribution in [2.45, 2.75) is 39.8 Å². The van der Waals surface area contributed by atoms with Gasteiger partial charge in [0.2, 0.25) is 5.91 Å². The fourth-order valence-electron chi connectivity index (χ4n) is 1.46. The Morgan fingerprint density at radius 1 is 1.24 bits per heavy atom. The Bertz CT molecular complexity index is 357. The summed E-state index contributed by atoms with van der Waals surface area (Å²) >= 11 is 0. The Balaban J connectivity index is 2.46. The van der Waals surface area contributed by atoms with E-state index in [9.17, 15) is 4.79 Å². The number of ether oxygens (including phenoxy) is 1. The average molecular weight is 235 g/mol. The zero-order valence-corrected chi connectivity index (χ0v) is 11.0. The van der Waals surface area contributed by atoms with Gasteiger partial charge in [-0.2, -0.15) is 0 Å². The van der Waals surface area contributed by atoms with Gasteiger partial charge in [-0.3, -0.25) is 4.79 Å². The summed E-state index contributed by atoms with van der Waals surface area (Å²) in [6.45, 7) is 7.96. The fourth-order valence-corrected chi connectivity index (χ4v) is 1.46. The Kier molecular flexibility index (Phi) is 5.16. The van der Waals surface area contributed by atoms with Gasteiger partial charge in [0.25, 0.3) is 0 Å². The van der Waals surface area contributed by atoms with Crippen molar-refractivity contribution in [3.8, 4) is 0 Å². The van der Waals surface area contributed by atoms with Crippen LogP contribution in [0.15, 0.2) is 24.3 Å². The summed E-state index contributed by atoms with van der Waals surface area (Å²) in [6.07, 6.45) is 0.0791. The van der Waals surface area contributed by atoms with Crippen molar-refractivity contribution in [1.29, 1.82) is 0 Å². The number of benzene rings is 1. The highest BCUT2D eigenvalue weighted by atomic mass is 16.5. The minimum atomic E-state index is -0.0771. The van der Waals surface area contributed by atoms with Crippen molar-refractivity contribution in [1.82, 2.24) is 5.32 Å². The van der Waals surface area contributed by atoms with E-state index in [-0.39, 0.29) is 24.7 Å². The standard InChI is InChI=1S/C14H21NO2/c1-10(2)17-9-14(16)15-12(4)13-7-5-11(3)6-8-13/h5-8,10,12H,9H2,1-4H3,(H,15,16). The molecule has 94 valence electrons. The lowest BCUT2D eigenvalue weighted by Crippen LogP contribution is -2.31. The molecule has 0 saturated carbocycles. The van der Waals surface area contributed by atoms with Crippen LogP contribution in [0.1, 0.15) is 37.9 Å². The van der Waals surface area contributed by atoms with E-state index in [4.69, 9.17) is 4.74 Å². The number of nitrogens with one attached hydrogen (secondary N) is 1. The molecule has 1 rings (SSSR count). The highest BCUT2D eigenvalue weighted by molar-refractivity contribution is 5.77. The number of carbonyl (C=O) groups is 1. The lowest BCUT2D eigenvalue weighted by Gasteiger charge is -2.15. The molecule has 1 unspecified atom stereocenters. The van der Waals surface area contributed by atoms with E-state index in [0.717, 1.165) is 5.56 Å². The third kappa shape index (κ3) is 5.00. The van der Waals surface area contributed by atoms with E-state index in [1.807, 2.05) is 52.0 Å². The second-order valence-electron chi connectivity index (χ2n) is 4.56. The maximum Gasteiger partial charge on any atom is 0.246 e. The van der Waals surface area contributed by atoms with Crippen LogP contribution in [-0.4, -0.2) is 18.6 Å². The third-order valence-corrected chi connectivity index (χ3v) is 2.50. The lowest BCUT2D eigenvalue weighted by atomic mass is 10.1. The van der Waals surface area contributed by atoms with Gasteiger partial charge in [-0.15, -0.1) is 0 Å². The molecule has 1 aromatic rings. The van der Waals surface area contributed by atoms with Crippen molar-refractivity contribution in [3.05, 3.63) is 35.4 Å². The minimum absolute atomic E-state index is 0.0128. The fraction of sp³-hybridized carbons (Fsp3) is 0.500. The van der Waals surface area contributed by atoms with Crippen LogP contribution in [-0.2, 0) is 9.53 Å². The lowest BCUT2D eigenvalue weighted by molar-refractivity contribution is -0.127. The molecule has 0 radical (unpaired) electrons. The van der Waals surface area contributed by atoms with Crippen molar-refractivity contribution in [3.63, 3.8) is 0 Å². The summed E-state index contributed by atoms with van der Waals surface area (Å²) in [5, 5.41) is 2.91. The van der Waals surface area contributed by atoms with Gasteiger partial charge in [0.15, 0.2) is 0 Å². The number of hydrogen-bond donors (Lipinski definition) is 1. The second-order valence-corrected chi connectivity index (χ2v) is 4.56. The number of carbonyl (C=O) groups excluding carboxylic acids is 1. The molecule has 17 heavy (non-hydrogen) atoms. The molecule has 0 aliphatic carbocycles. The van der Waals surface area contributed by atoms with Gasteiger partial charge in [-0.1, -0.05) is 29.8 Å². The summed E-state index contributed by atoms with van der Waals surface area (Å²) in [7, 11) is 0. The second kappa shape index (κ2) is 6.40. The van der Waals surface area contributed by atoms with Crippen LogP contribution in [0, 0.1) is 6.92 Å². The van der Waals surface area contributed by atoms with E-state index < -0.39 is 0 Å². The smallest absolute Gasteiger partial charge is 0.246 e. The monoisotopic (exact) mass is 235 g/mol. The molecule has 0 aromatic heterocycles. The first-order valence-corrected chi connectivity index (χ1v) is 5.96. The molecule has 3 heteroatoms. The van der Waals surface area contributed by atoms with Crippen molar-refractivity contribution in [2.24, 2.45) is 0 Å². The molecule has 0 heterocycles. The highest BCUT2D eigenvalue weighted by Crippen LogP contribution is 2.12. The zero-order valence-electron chi connectivity index (χ0n) is 11.0. The quantitative estimate of drug-likeness (QED) is 0.852. The van der Waals surface area contributed by atoms with E-state index in [0.29, 0.717) is 0 Å². The molecule has 0 saturated heterocycles. The van der Waals surface area contributed by atoms with Crippen molar-refractivity contribution in [2.75, 3.05) is 6.61 Å². The van der Waals surface area contributed by atoms with Crippen LogP contribution >= 0.6 is 0 Å². The molecular formula is C14H21NO2. The molecule has 1 N–H and O–H groups in total. The third-order valence-electron chi connectivity index (χ3n) is 2.50. The normalized spacial score (nSPS) is 12.5. The Labute approximate surface area is 103 Å². The molecule has 0 bridgehead atoms. The first kappa shape index (κ1) is 13.7. The number of rotatable bonds is 5. The van der Waals surface area contributed by atoms with E-state index in [1.54, 1.807) is 0 Å². The molecule has 1 aromatic carbocycles.